The number of nitrogens with one attached hydrogen (secondary N) is 2. The predicted octanol–water partition coefficient (Wildman–Crippen LogP) is 2.06. The van der Waals surface area contributed by atoms with E-state index in [0.29, 0.717) is 0 Å². The van der Waals surface area contributed by atoms with Crippen LogP contribution in [0.5, 0.6) is 0 Å². The fourth-order valence-corrected chi connectivity index (χ4v) is 2.38. The average molecular weight is 375 g/mol. The molecule has 1 aromatic carbocycles. The molecule has 0 saturated heterocycles. The van der Waals surface area contributed by atoms with Crippen LogP contribution in [0.25, 0.3) is 0 Å². The van der Waals surface area contributed by atoms with E-state index in [1.54, 1.807) is 32.9 Å². The van der Waals surface area contributed by atoms with Gasteiger partial charge in [-0.15, -0.1) is 0 Å². The smallest absolute Gasteiger partial charge is 0.408 e. The first-order valence-corrected chi connectivity index (χ1v) is 8.63. The third kappa shape index (κ3) is 7.36. The average Bonchev–Trinajstić information content (AvgIpc) is 2.62. The molecule has 146 valence electrons. The zero-order valence-corrected chi connectivity index (χ0v) is 15.6. The van der Waals surface area contributed by atoms with Crippen LogP contribution in [-0.2, 0) is 20.9 Å². The molecular formula is C19H25N3O5. The molecule has 1 rings (SSSR count). The third-order valence-corrected chi connectivity index (χ3v) is 3.98. The maximum atomic E-state index is 12.5. The lowest BCUT2D eigenvalue weighted by atomic mass is 9.97. The minimum absolute atomic E-state index is 0.0177. The number of ether oxygens (including phenoxy) is 1. The molecule has 0 heterocycles. The van der Waals surface area contributed by atoms with E-state index in [0.717, 1.165) is 5.56 Å². The second-order valence-electron chi connectivity index (χ2n) is 6.59. The molecule has 0 radical (unpaired) electrons. The summed E-state index contributed by atoms with van der Waals surface area (Å²) >= 11 is 0. The summed E-state index contributed by atoms with van der Waals surface area (Å²) in [5.41, 5.74) is 0.800. The highest BCUT2D eigenvalue weighted by atomic mass is 16.5. The maximum Gasteiger partial charge on any atom is 0.408 e. The van der Waals surface area contributed by atoms with Gasteiger partial charge in [0.25, 0.3) is 0 Å². The van der Waals surface area contributed by atoms with E-state index in [2.05, 4.69) is 10.6 Å². The van der Waals surface area contributed by atoms with Crippen molar-refractivity contribution in [2.45, 2.75) is 45.9 Å². The largest absolute Gasteiger partial charge is 0.480 e. The van der Waals surface area contributed by atoms with Gasteiger partial charge in [0, 0.05) is 12.3 Å². The van der Waals surface area contributed by atoms with Crippen molar-refractivity contribution >= 4 is 18.0 Å². The second kappa shape index (κ2) is 10.8. The van der Waals surface area contributed by atoms with Crippen LogP contribution in [-0.4, -0.2) is 35.2 Å². The first kappa shape index (κ1) is 22.0. The van der Waals surface area contributed by atoms with Crippen molar-refractivity contribution in [1.82, 2.24) is 10.6 Å². The molecule has 0 spiro atoms. The molecule has 0 unspecified atom stereocenters. The fraction of sp³-hybridized carbons (Fsp3) is 0.474. The lowest BCUT2D eigenvalue weighted by molar-refractivity contribution is -0.143. The molecule has 0 aliphatic carbocycles. The van der Waals surface area contributed by atoms with Crippen molar-refractivity contribution in [3.8, 4) is 6.07 Å². The molecule has 0 bridgehead atoms. The molecule has 3 N–H and O–H groups in total. The Bertz CT molecular complexity index is 684. The van der Waals surface area contributed by atoms with Crippen molar-refractivity contribution in [2.24, 2.45) is 11.8 Å². The summed E-state index contributed by atoms with van der Waals surface area (Å²) in [5, 5.41) is 22.9. The highest BCUT2D eigenvalue weighted by molar-refractivity contribution is 5.89. The number of hydrogen-bond donors (Lipinski definition) is 3. The Hall–Kier alpha value is -3.08. The number of alkyl carbamates (subject to hydrolysis) is 1. The van der Waals surface area contributed by atoms with Crippen LogP contribution in [0.2, 0.25) is 0 Å². The van der Waals surface area contributed by atoms with E-state index in [1.165, 1.54) is 0 Å². The van der Waals surface area contributed by atoms with Crippen LogP contribution < -0.4 is 10.6 Å². The number of carbonyl (C=O) groups is 3. The Morgan fingerprint density at radius 1 is 1.11 bits per heavy atom. The Labute approximate surface area is 158 Å². The summed E-state index contributed by atoms with van der Waals surface area (Å²) in [5.74, 6) is -2.75. The van der Waals surface area contributed by atoms with E-state index in [9.17, 15) is 19.5 Å². The van der Waals surface area contributed by atoms with Gasteiger partial charge in [0.2, 0.25) is 5.91 Å². The van der Waals surface area contributed by atoms with Gasteiger partial charge < -0.3 is 20.5 Å². The van der Waals surface area contributed by atoms with Crippen molar-refractivity contribution in [3.05, 3.63) is 35.9 Å². The molecule has 8 nitrogen and oxygen atoms in total. The van der Waals surface area contributed by atoms with Crippen LogP contribution in [0.3, 0.4) is 0 Å². The van der Waals surface area contributed by atoms with Crippen molar-refractivity contribution < 1.29 is 24.2 Å². The molecule has 27 heavy (non-hydrogen) atoms. The van der Waals surface area contributed by atoms with Gasteiger partial charge in [-0.05, 0) is 11.5 Å². The summed E-state index contributed by atoms with van der Waals surface area (Å²) < 4.78 is 5.11. The van der Waals surface area contributed by atoms with Crippen LogP contribution in [0.1, 0.15) is 32.8 Å². The molecule has 3 atom stereocenters. The molecule has 0 saturated carbocycles. The Balaban J connectivity index is 2.70. The fourth-order valence-electron chi connectivity index (χ4n) is 2.38. The van der Waals surface area contributed by atoms with Gasteiger partial charge in [-0.1, -0.05) is 51.1 Å². The number of nitrogens with zero attached hydrogens (tertiary/aromatic N) is 1. The number of nitriles is 1. The quantitative estimate of drug-likeness (QED) is 0.606. The second-order valence-corrected chi connectivity index (χ2v) is 6.59. The topological polar surface area (TPSA) is 129 Å². The summed E-state index contributed by atoms with van der Waals surface area (Å²) in [6, 6.07) is 8.77. The predicted molar refractivity (Wildman–Crippen MR) is 97.3 cm³/mol. The number of carboxylic acid groups (broad SMARTS) is 1. The van der Waals surface area contributed by atoms with Crippen LogP contribution in [0.15, 0.2) is 30.3 Å². The number of amides is 2. The van der Waals surface area contributed by atoms with Gasteiger partial charge in [0.1, 0.15) is 18.7 Å². The zero-order valence-electron chi connectivity index (χ0n) is 15.6. The molecule has 8 heteroatoms. The van der Waals surface area contributed by atoms with Gasteiger partial charge in [-0.25, -0.2) is 9.59 Å². The van der Waals surface area contributed by atoms with Crippen LogP contribution in [0, 0.1) is 23.2 Å². The number of hydrogen-bond acceptors (Lipinski definition) is 5. The first-order chi connectivity index (χ1) is 12.8. The molecule has 0 fully saturated rings. The number of aliphatic carboxylic acids is 1. The minimum Gasteiger partial charge on any atom is -0.480 e. The minimum atomic E-state index is -1.24. The normalized spacial score (nSPS) is 13.7. The Morgan fingerprint density at radius 3 is 2.26 bits per heavy atom. The van der Waals surface area contributed by atoms with Crippen LogP contribution >= 0.6 is 0 Å². The summed E-state index contributed by atoms with van der Waals surface area (Å²) in [6.45, 7) is 5.05. The molecular weight excluding hydrogens is 350 g/mol. The van der Waals surface area contributed by atoms with Gasteiger partial charge >= 0.3 is 12.1 Å². The van der Waals surface area contributed by atoms with Gasteiger partial charge in [0.15, 0.2) is 0 Å². The van der Waals surface area contributed by atoms with E-state index in [1.807, 2.05) is 24.3 Å². The molecule has 2 amide bonds. The monoisotopic (exact) mass is 375 g/mol. The van der Waals surface area contributed by atoms with E-state index in [4.69, 9.17) is 10.00 Å². The Kier molecular flexibility index (Phi) is 8.79. The molecule has 0 aromatic heterocycles. The van der Waals surface area contributed by atoms with E-state index in [-0.39, 0.29) is 18.9 Å². The number of benzene rings is 1. The van der Waals surface area contributed by atoms with Gasteiger partial charge in [0.05, 0.1) is 6.07 Å². The number of rotatable bonds is 9. The highest BCUT2D eigenvalue weighted by Crippen LogP contribution is 2.10. The summed E-state index contributed by atoms with van der Waals surface area (Å²) in [6.07, 6.45) is -0.791. The first-order valence-electron chi connectivity index (χ1n) is 8.63. The lowest BCUT2D eigenvalue weighted by Gasteiger charge is -2.25. The SMILES string of the molecule is CC(C)[C@@H](NC(=O)OCc1ccccc1)C(=O)N[C@@H](C(=O)O)[C@@H](C)CC#N. The standard InChI is InChI=1S/C19H25N3O5/c1-12(2)15(17(23)21-16(18(24)25)13(3)9-10-20)22-19(26)27-11-14-7-5-4-6-8-14/h4-8,12-13,15-16H,9,11H2,1-3H3,(H,21,23)(H,22,26)(H,24,25)/t13-,15+,16+/m0/s1. The van der Waals surface area contributed by atoms with E-state index >= 15 is 0 Å². The molecule has 1 aromatic rings. The number of carboxylic acids is 1. The van der Waals surface area contributed by atoms with Gasteiger partial charge in [-0.2, -0.15) is 5.26 Å². The van der Waals surface area contributed by atoms with Crippen molar-refractivity contribution in [2.75, 3.05) is 0 Å². The summed E-state index contributed by atoms with van der Waals surface area (Å²) in [4.78, 5) is 35.9. The number of carbonyl (C=O) groups excluding carboxylic acids is 2. The van der Waals surface area contributed by atoms with E-state index < -0.39 is 36.0 Å². The molecule has 0 aliphatic rings. The van der Waals surface area contributed by atoms with Crippen LogP contribution in [0.4, 0.5) is 4.79 Å². The summed E-state index contributed by atoms with van der Waals surface area (Å²) in [7, 11) is 0. The Morgan fingerprint density at radius 2 is 1.74 bits per heavy atom. The third-order valence-electron chi connectivity index (χ3n) is 3.98. The van der Waals surface area contributed by atoms with Gasteiger partial charge in [-0.3, -0.25) is 4.79 Å². The van der Waals surface area contributed by atoms with Crippen molar-refractivity contribution in [3.63, 3.8) is 0 Å². The maximum absolute atomic E-state index is 12.5. The highest BCUT2D eigenvalue weighted by Gasteiger charge is 2.31. The molecule has 0 aliphatic heterocycles. The van der Waals surface area contributed by atoms with Crippen molar-refractivity contribution in [1.29, 1.82) is 5.26 Å². The zero-order chi connectivity index (χ0) is 20.4. The lowest BCUT2D eigenvalue weighted by Crippen LogP contribution is -2.55.